The number of rotatable bonds is 5. The van der Waals surface area contributed by atoms with E-state index in [9.17, 15) is 9.18 Å². The van der Waals surface area contributed by atoms with Crippen molar-refractivity contribution in [1.29, 1.82) is 0 Å². The van der Waals surface area contributed by atoms with Crippen LogP contribution in [0.2, 0.25) is 0 Å². The summed E-state index contributed by atoms with van der Waals surface area (Å²) in [6.45, 7) is 3.06. The average molecular weight is 376 g/mol. The Balaban J connectivity index is 1.38. The molecule has 0 amide bonds. The predicted molar refractivity (Wildman–Crippen MR) is 111 cm³/mol. The minimum absolute atomic E-state index is 0.0529. The molecule has 0 aliphatic carbocycles. The third-order valence-electron chi connectivity index (χ3n) is 5.62. The summed E-state index contributed by atoms with van der Waals surface area (Å²) in [6, 6.07) is 15.1. The Kier molecular flexibility index (Phi) is 5.40. The van der Waals surface area contributed by atoms with Crippen LogP contribution in [0.3, 0.4) is 0 Å². The molecule has 2 heterocycles. The maximum absolute atomic E-state index is 13.6. The van der Waals surface area contributed by atoms with Gasteiger partial charge in [-0.15, -0.1) is 0 Å². The third kappa shape index (κ3) is 4.07. The van der Waals surface area contributed by atoms with Gasteiger partial charge >= 0.3 is 0 Å². The monoisotopic (exact) mass is 376 g/mol. The van der Waals surface area contributed by atoms with Gasteiger partial charge in [0.1, 0.15) is 5.82 Å². The van der Waals surface area contributed by atoms with Gasteiger partial charge in [0.15, 0.2) is 5.78 Å². The van der Waals surface area contributed by atoms with Crippen LogP contribution in [-0.2, 0) is 13.6 Å². The van der Waals surface area contributed by atoms with E-state index >= 15 is 0 Å². The fourth-order valence-corrected chi connectivity index (χ4v) is 4.02. The minimum atomic E-state index is -0.317. The zero-order chi connectivity index (χ0) is 19.5. The number of nitrogens with zero attached hydrogens (tertiary/aromatic N) is 2. The van der Waals surface area contributed by atoms with Crippen LogP contribution in [0.1, 0.15) is 28.8 Å². The van der Waals surface area contributed by atoms with E-state index in [4.69, 9.17) is 0 Å². The van der Waals surface area contributed by atoms with Crippen LogP contribution >= 0.6 is 0 Å². The van der Waals surface area contributed by atoms with Crippen LogP contribution in [0.4, 0.5) is 4.39 Å². The Hall–Kier alpha value is -2.72. The lowest BCUT2D eigenvalue weighted by Gasteiger charge is -2.30. The number of hydrogen-bond donors (Lipinski definition) is 0. The second-order valence-electron chi connectivity index (χ2n) is 7.64. The second kappa shape index (κ2) is 8.11. The normalized spacial score (nSPS) is 16.2. The summed E-state index contributed by atoms with van der Waals surface area (Å²) in [5, 5.41) is 0.676. The molecule has 0 spiro atoms. The summed E-state index contributed by atoms with van der Waals surface area (Å²) in [6.07, 6.45) is 7.62. The van der Waals surface area contributed by atoms with Crippen molar-refractivity contribution in [3.63, 3.8) is 0 Å². The van der Waals surface area contributed by atoms with E-state index in [1.165, 1.54) is 17.7 Å². The molecule has 0 N–H and O–H groups in total. The van der Waals surface area contributed by atoms with Gasteiger partial charge in [0.05, 0.1) is 0 Å². The van der Waals surface area contributed by atoms with Crippen LogP contribution < -0.4 is 0 Å². The first-order chi connectivity index (χ1) is 13.6. The van der Waals surface area contributed by atoms with Gasteiger partial charge in [0.2, 0.25) is 0 Å². The van der Waals surface area contributed by atoms with Gasteiger partial charge in [-0.05, 0) is 61.7 Å². The Morgan fingerprint density at radius 2 is 1.89 bits per heavy atom. The van der Waals surface area contributed by atoms with Crippen molar-refractivity contribution in [1.82, 2.24) is 9.47 Å². The number of halogens is 1. The Bertz CT molecular complexity index is 998. The minimum Gasteiger partial charge on any atom is -0.350 e. The fraction of sp³-hybridized carbons (Fsp3) is 0.292. The summed E-state index contributed by atoms with van der Waals surface area (Å²) in [5.74, 6) is 0.0492. The molecule has 0 radical (unpaired) electrons. The number of carbonyl (C=O) groups excluding carboxylic acids is 1. The lowest BCUT2D eigenvalue weighted by Crippen LogP contribution is -2.32. The Morgan fingerprint density at radius 3 is 2.64 bits per heavy atom. The van der Waals surface area contributed by atoms with E-state index < -0.39 is 0 Å². The Morgan fingerprint density at radius 1 is 1.14 bits per heavy atom. The number of likely N-dealkylation sites (tertiary alicyclic amines) is 1. The fourth-order valence-electron chi connectivity index (χ4n) is 4.02. The molecule has 144 valence electrons. The molecule has 4 rings (SSSR count). The van der Waals surface area contributed by atoms with E-state index in [2.05, 4.69) is 29.2 Å². The first-order valence-corrected chi connectivity index (χ1v) is 9.83. The molecule has 1 aromatic heterocycles. The molecule has 1 aliphatic heterocycles. The van der Waals surface area contributed by atoms with Crippen molar-refractivity contribution in [2.75, 3.05) is 13.1 Å². The van der Waals surface area contributed by atoms with Gasteiger partial charge in [-0.3, -0.25) is 9.69 Å². The molecular weight excluding hydrogens is 351 g/mol. The maximum atomic E-state index is 13.6. The van der Waals surface area contributed by atoms with Crippen molar-refractivity contribution in [2.45, 2.75) is 19.4 Å². The van der Waals surface area contributed by atoms with E-state index in [-0.39, 0.29) is 11.6 Å². The van der Waals surface area contributed by atoms with Gasteiger partial charge in [0, 0.05) is 36.3 Å². The summed E-state index contributed by atoms with van der Waals surface area (Å²) >= 11 is 0. The van der Waals surface area contributed by atoms with Crippen LogP contribution in [0, 0.1) is 11.7 Å². The zero-order valence-electron chi connectivity index (χ0n) is 16.1. The van der Waals surface area contributed by atoms with Crippen molar-refractivity contribution >= 4 is 16.7 Å². The van der Waals surface area contributed by atoms with E-state index in [1.807, 2.05) is 23.8 Å². The van der Waals surface area contributed by atoms with E-state index in [1.54, 1.807) is 18.3 Å². The van der Waals surface area contributed by atoms with Gasteiger partial charge in [0.25, 0.3) is 0 Å². The molecule has 1 saturated heterocycles. The van der Waals surface area contributed by atoms with E-state index in [0.29, 0.717) is 16.9 Å². The lowest BCUT2D eigenvalue weighted by molar-refractivity contribution is 0.104. The molecule has 3 aromatic rings. The predicted octanol–water partition coefficient (Wildman–Crippen LogP) is 4.97. The topological polar surface area (TPSA) is 25.2 Å². The number of fused-ring (bicyclic) bond motifs is 1. The second-order valence-corrected chi connectivity index (χ2v) is 7.64. The number of carbonyl (C=O) groups is 1. The summed E-state index contributed by atoms with van der Waals surface area (Å²) in [5.41, 5.74) is 2.77. The van der Waals surface area contributed by atoms with Crippen molar-refractivity contribution in [3.05, 3.63) is 83.8 Å². The highest BCUT2D eigenvalue weighted by atomic mass is 19.1. The standard InChI is InChI=1S/C24H25FN2O/c1-26-17-22(21-15-20(25)8-9-23(21)26)24(28)10-7-18-11-13-27(14-12-18)16-19-5-3-2-4-6-19/h2-10,15,17-18H,11-14,16H2,1H3/b10-7+. The number of benzene rings is 2. The van der Waals surface area contributed by atoms with Gasteiger partial charge < -0.3 is 4.57 Å². The third-order valence-corrected chi connectivity index (χ3v) is 5.62. The van der Waals surface area contributed by atoms with Gasteiger partial charge in [-0.1, -0.05) is 36.4 Å². The van der Waals surface area contributed by atoms with Crippen LogP contribution in [0.25, 0.3) is 10.9 Å². The van der Waals surface area contributed by atoms with E-state index in [0.717, 1.165) is 38.0 Å². The summed E-state index contributed by atoms with van der Waals surface area (Å²) < 4.78 is 15.5. The van der Waals surface area contributed by atoms with Crippen molar-refractivity contribution in [2.24, 2.45) is 13.0 Å². The quantitative estimate of drug-likeness (QED) is 0.464. The number of aromatic nitrogens is 1. The SMILES string of the molecule is Cn1cc(C(=O)/C=C/C2CCN(Cc3ccccc3)CC2)c2cc(F)ccc21. The Labute approximate surface area is 165 Å². The van der Waals surface area contributed by atoms with Crippen LogP contribution in [0.15, 0.2) is 66.9 Å². The lowest BCUT2D eigenvalue weighted by atomic mass is 9.95. The van der Waals surface area contributed by atoms with Gasteiger partial charge in [-0.25, -0.2) is 4.39 Å². The molecule has 3 nitrogen and oxygen atoms in total. The number of allylic oxidation sites excluding steroid dienone is 2. The average Bonchev–Trinajstić information content (AvgIpc) is 3.04. The number of piperidine rings is 1. The zero-order valence-corrected chi connectivity index (χ0v) is 16.1. The molecule has 0 atom stereocenters. The molecule has 28 heavy (non-hydrogen) atoms. The molecule has 1 aliphatic rings. The first kappa shape index (κ1) is 18.6. The smallest absolute Gasteiger partial charge is 0.187 e. The van der Waals surface area contributed by atoms with Crippen LogP contribution in [-0.4, -0.2) is 28.3 Å². The highest BCUT2D eigenvalue weighted by Gasteiger charge is 2.18. The summed E-state index contributed by atoms with van der Waals surface area (Å²) in [4.78, 5) is 15.2. The molecule has 2 aromatic carbocycles. The number of ketones is 1. The molecule has 4 heteroatoms. The van der Waals surface area contributed by atoms with Gasteiger partial charge in [-0.2, -0.15) is 0 Å². The number of aryl methyl sites for hydroxylation is 1. The van der Waals surface area contributed by atoms with Crippen molar-refractivity contribution in [3.8, 4) is 0 Å². The van der Waals surface area contributed by atoms with Crippen molar-refractivity contribution < 1.29 is 9.18 Å². The highest BCUT2D eigenvalue weighted by Crippen LogP contribution is 2.24. The molecule has 1 fully saturated rings. The maximum Gasteiger partial charge on any atom is 0.187 e. The molecular formula is C24H25FN2O. The highest BCUT2D eigenvalue weighted by molar-refractivity contribution is 6.13. The molecule has 0 bridgehead atoms. The molecule has 0 unspecified atom stereocenters. The first-order valence-electron chi connectivity index (χ1n) is 9.83. The largest absolute Gasteiger partial charge is 0.350 e. The summed E-state index contributed by atoms with van der Waals surface area (Å²) in [7, 11) is 1.88. The molecule has 0 saturated carbocycles. The van der Waals surface area contributed by atoms with Crippen LogP contribution in [0.5, 0.6) is 0 Å². The number of hydrogen-bond acceptors (Lipinski definition) is 2.